The molecule has 0 radical (unpaired) electrons. The van der Waals surface area contributed by atoms with Crippen molar-refractivity contribution in [3.63, 3.8) is 0 Å². The van der Waals surface area contributed by atoms with E-state index in [1.54, 1.807) is 0 Å². The molecule has 0 fully saturated rings. The SMILES string of the molecule is CCN1C(=O)CC(C)(C)c2cc(-c3c[nH]c(-c4ccccc4)n3)ccc21. The first-order valence-electron chi connectivity index (χ1n) is 9.06. The molecular weight excluding hydrogens is 322 g/mol. The number of imidazole rings is 1. The van der Waals surface area contributed by atoms with Crippen LogP contribution in [0.2, 0.25) is 0 Å². The van der Waals surface area contributed by atoms with Crippen LogP contribution in [0.5, 0.6) is 0 Å². The molecule has 26 heavy (non-hydrogen) atoms. The van der Waals surface area contributed by atoms with E-state index >= 15 is 0 Å². The van der Waals surface area contributed by atoms with Crippen molar-refractivity contribution < 1.29 is 4.79 Å². The van der Waals surface area contributed by atoms with E-state index in [9.17, 15) is 4.79 Å². The van der Waals surface area contributed by atoms with E-state index in [0.29, 0.717) is 13.0 Å². The lowest BCUT2D eigenvalue weighted by Gasteiger charge is -2.38. The normalized spacial score (nSPS) is 15.8. The number of benzene rings is 2. The number of nitrogens with zero attached hydrogens (tertiary/aromatic N) is 2. The second kappa shape index (κ2) is 6.13. The summed E-state index contributed by atoms with van der Waals surface area (Å²) in [7, 11) is 0. The van der Waals surface area contributed by atoms with Gasteiger partial charge in [-0.1, -0.05) is 50.2 Å². The van der Waals surface area contributed by atoms with Crippen LogP contribution in [0.15, 0.2) is 54.7 Å². The number of carbonyl (C=O) groups is 1. The van der Waals surface area contributed by atoms with Crippen LogP contribution in [0, 0.1) is 0 Å². The topological polar surface area (TPSA) is 49.0 Å². The van der Waals surface area contributed by atoms with Crippen LogP contribution < -0.4 is 4.90 Å². The lowest BCUT2D eigenvalue weighted by atomic mass is 9.76. The molecule has 4 nitrogen and oxygen atoms in total. The third kappa shape index (κ3) is 2.71. The predicted octanol–water partition coefficient (Wildman–Crippen LogP) is 4.78. The number of amides is 1. The number of nitrogens with one attached hydrogen (secondary N) is 1. The molecule has 2 aromatic carbocycles. The standard InChI is InChI=1S/C22H23N3O/c1-4-25-19-11-10-16(12-17(19)22(2,3)13-20(25)26)18-14-23-21(24-18)15-8-6-5-7-9-15/h5-12,14H,4,13H2,1-3H3,(H,23,24). The van der Waals surface area contributed by atoms with Crippen molar-refractivity contribution in [2.45, 2.75) is 32.6 Å². The Hall–Kier alpha value is -2.88. The van der Waals surface area contributed by atoms with E-state index in [1.807, 2.05) is 48.4 Å². The zero-order valence-corrected chi connectivity index (χ0v) is 15.4. The first-order valence-corrected chi connectivity index (χ1v) is 9.06. The Balaban J connectivity index is 1.76. The van der Waals surface area contributed by atoms with Crippen LogP contribution in [0.4, 0.5) is 5.69 Å². The Labute approximate surface area is 153 Å². The molecule has 0 saturated carbocycles. The lowest BCUT2D eigenvalue weighted by Crippen LogP contribution is -2.41. The third-order valence-corrected chi connectivity index (χ3v) is 5.15. The van der Waals surface area contributed by atoms with Crippen molar-refractivity contribution in [1.29, 1.82) is 0 Å². The van der Waals surface area contributed by atoms with E-state index in [4.69, 9.17) is 4.98 Å². The van der Waals surface area contributed by atoms with E-state index in [-0.39, 0.29) is 11.3 Å². The summed E-state index contributed by atoms with van der Waals surface area (Å²) in [5, 5.41) is 0. The minimum atomic E-state index is -0.174. The molecule has 1 aliphatic heterocycles. The Morgan fingerprint density at radius 2 is 1.88 bits per heavy atom. The Morgan fingerprint density at radius 1 is 1.12 bits per heavy atom. The fourth-order valence-corrected chi connectivity index (χ4v) is 3.74. The van der Waals surface area contributed by atoms with Crippen LogP contribution in [-0.2, 0) is 10.2 Å². The number of fused-ring (bicyclic) bond motifs is 1. The van der Waals surface area contributed by atoms with Gasteiger partial charge in [-0.05, 0) is 24.6 Å². The second-order valence-electron chi connectivity index (χ2n) is 7.43. The van der Waals surface area contributed by atoms with E-state index in [2.05, 4.69) is 37.0 Å². The van der Waals surface area contributed by atoms with Gasteiger partial charge in [-0.3, -0.25) is 4.79 Å². The van der Waals surface area contributed by atoms with Crippen LogP contribution >= 0.6 is 0 Å². The van der Waals surface area contributed by atoms with E-state index < -0.39 is 0 Å². The van der Waals surface area contributed by atoms with E-state index in [1.165, 1.54) is 5.56 Å². The number of carbonyl (C=O) groups excluding carboxylic acids is 1. The van der Waals surface area contributed by atoms with Crippen molar-refractivity contribution in [2.75, 3.05) is 11.4 Å². The van der Waals surface area contributed by atoms with Gasteiger partial charge < -0.3 is 9.88 Å². The van der Waals surface area contributed by atoms with Crippen LogP contribution in [-0.4, -0.2) is 22.4 Å². The molecule has 4 rings (SSSR count). The highest BCUT2D eigenvalue weighted by Gasteiger charge is 2.36. The number of anilines is 1. The molecule has 0 saturated heterocycles. The Bertz CT molecular complexity index is 957. The molecule has 0 aliphatic carbocycles. The second-order valence-corrected chi connectivity index (χ2v) is 7.43. The number of aromatic amines is 1. The minimum absolute atomic E-state index is 0.174. The Kier molecular flexibility index (Phi) is 3.91. The van der Waals surface area contributed by atoms with Gasteiger partial charge >= 0.3 is 0 Å². The fourth-order valence-electron chi connectivity index (χ4n) is 3.74. The number of rotatable bonds is 3. The van der Waals surface area contributed by atoms with Crippen molar-refractivity contribution in [3.05, 3.63) is 60.3 Å². The number of hydrogen-bond acceptors (Lipinski definition) is 2. The number of aromatic nitrogens is 2. The van der Waals surface area contributed by atoms with Gasteiger partial charge in [-0.15, -0.1) is 0 Å². The summed E-state index contributed by atoms with van der Waals surface area (Å²) in [6, 6.07) is 16.4. The molecule has 0 bridgehead atoms. The molecule has 1 aliphatic rings. The van der Waals surface area contributed by atoms with E-state index in [0.717, 1.165) is 28.3 Å². The summed E-state index contributed by atoms with van der Waals surface area (Å²) in [5.74, 6) is 1.06. The fraction of sp³-hybridized carbons (Fsp3) is 0.273. The van der Waals surface area contributed by atoms with Crippen molar-refractivity contribution in [1.82, 2.24) is 9.97 Å². The maximum atomic E-state index is 12.4. The molecule has 1 N–H and O–H groups in total. The lowest BCUT2D eigenvalue weighted by molar-refractivity contribution is -0.120. The highest BCUT2D eigenvalue weighted by molar-refractivity contribution is 5.98. The van der Waals surface area contributed by atoms with Gasteiger partial charge in [0.2, 0.25) is 5.91 Å². The summed E-state index contributed by atoms with van der Waals surface area (Å²) in [6.07, 6.45) is 2.48. The van der Waals surface area contributed by atoms with Crippen LogP contribution in [0.25, 0.3) is 22.6 Å². The highest BCUT2D eigenvalue weighted by Crippen LogP contribution is 2.42. The molecule has 3 aromatic rings. The van der Waals surface area contributed by atoms with Gasteiger partial charge in [0, 0.05) is 41.4 Å². The van der Waals surface area contributed by atoms with Crippen LogP contribution in [0.1, 0.15) is 32.8 Å². The highest BCUT2D eigenvalue weighted by atomic mass is 16.2. The zero-order chi connectivity index (χ0) is 18.3. The molecule has 0 atom stereocenters. The molecule has 0 spiro atoms. The minimum Gasteiger partial charge on any atom is -0.344 e. The van der Waals surface area contributed by atoms with Crippen molar-refractivity contribution >= 4 is 11.6 Å². The van der Waals surface area contributed by atoms with Gasteiger partial charge in [-0.25, -0.2) is 4.98 Å². The maximum absolute atomic E-state index is 12.4. The number of hydrogen-bond donors (Lipinski definition) is 1. The van der Waals surface area contributed by atoms with Gasteiger partial charge in [0.15, 0.2) is 0 Å². The molecule has 1 amide bonds. The quantitative estimate of drug-likeness (QED) is 0.743. The average Bonchev–Trinajstić information content (AvgIpc) is 3.12. The maximum Gasteiger partial charge on any atom is 0.227 e. The van der Waals surface area contributed by atoms with Gasteiger partial charge in [0.25, 0.3) is 0 Å². The summed E-state index contributed by atoms with van der Waals surface area (Å²) in [5.41, 5.74) is 5.12. The zero-order valence-electron chi connectivity index (χ0n) is 15.4. The van der Waals surface area contributed by atoms with Crippen molar-refractivity contribution in [3.8, 4) is 22.6 Å². The van der Waals surface area contributed by atoms with Gasteiger partial charge in [0.1, 0.15) is 5.82 Å². The molecule has 4 heteroatoms. The Morgan fingerprint density at radius 3 is 2.62 bits per heavy atom. The molecule has 0 unspecified atom stereocenters. The molecule has 1 aromatic heterocycles. The summed E-state index contributed by atoms with van der Waals surface area (Å²) >= 11 is 0. The summed E-state index contributed by atoms with van der Waals surface area (Å²) in [6.45, 7) is 7.00. The first-order chi connectivity index (χ1) is 12.5. The average molecular weight is 345 g/mol. The number of H-pyrrole nitrogens is 1. The van der Waals surface area contributed by atoms with Gasteiger partial charge in [0.05, 0.1) is 5.69 Å². The summed E-state index contributed by atoms with van der Waals surface area (Å²) in [4.78, 5) is 22.3. The smallest absolute Gasteiger partial charge is 0.227 e. The van der Waals surface area contributed by atoms with Crippen molar-refractivity contribution in [2.24, 2.45) is 0 Å². The largest absolute Gasteiger partial charge is 0.344 e. The van der Waals surface area contributed by atoms with Crippen LogP contribution in [0.3, 0.4) is 0 Å². The summed E-state index contributed by atoms with van der Waals surface area (Å²) < 4.78 is 0. The first kappa shape index (κ1) is 16.6. The third-order valence-electron chi connectivity index (χ3n) is 5.15. The predicted molar refractivity (Wildman–Crippen MR) is 105 cm³/mol. The van der Waals surface area contributed by atoms with Gasteiger partial charge in [-0.2, -0.15) is 0 Å². The monoisotopic (exact) mass is 345 g/mol. The molecular formula is C22H23N3O. The molecule has 2 heterocycles. The molecule has 132 valence electrons.